The number of likely N-dealkylation sites (N-methyl/N-ethyl adjacent to an activating group) is 1. The molecule has 0 aromatic carbocycles. The molecule has 0 fully saturated rings. The molecule has 0 aliphatic carbocycles. The zero-order valence-electron chi connectivity index (χ0n) is 11.1. The summed E-state index contributed by atoms with van der Waals surface area (Å²) in [5.41, 5.74) is -0.639. The number of carboxylic acid groups (broad SMARTS) is 1. The van der Waals surface area contributed by atoms with Crippen molar-refractivity contribution in [1.29, 1.82) is 0 Å². The van der Waals surface area contributed by atoms with Crippen molar-refractivity contribution in [3.05, 3.63) is 20.8 Å². The van der Waals surface area contributed by atoms with Crippen LogP contribution in [0.25, 0.3) is 0 Å². The molecule has 0 unspecified atom stereocenters. The highest BCUT2D eigenvalue weighted by Crippen LogP contribution is 2.23. The van der Waals surface area contributed by atoms with Gasteiger partial charge in [0.2, 0.25) is 0 Å². The summed E-state index contributed by atoms with van der Waals surface area (Å²) in [7, 11) is 2.04. The fourth-order valence-corrected chi connectivity index (χ4v) is 2.95. The van der Waals surface area contributed by atoms with E-state index < -0.39 is 11.4 Å². The Morgan fingerprint density at radius 2 is 2.11 bits per heavy atom. The lowest BCUT2D eigenvalue weighted by atomic mass is 9.89. The third kappa shape index (κ3) is 5.08. The van der Waals surface area contributed by atoms with Crippen molar-refractivity contribution < 1.29 is 9.90 Å². The van der Waals surface area contributed by atoms with Crippen molar-refractivity contribution in [2.45, 2.75) is 26.7 Å². The van der Waals surface area contributed by atoms with Crippen LogP contribution in [0.3, 0.4) is 0 Å². The van der Waals surface area contributed by atoms with E-state index in [0.717, 1.165) is 23.3 Å². The monoisotopic (exact) mass is 333 g/mol. The van der Waals surface area contributed by atoms with Crippen LogP contribution in [0.2, 0.25) is 0 Å². The lowest BCUT2D eigenvalue weighted by Crippen LogP contribution is -2.31. The average Bonchev–Trinajstić information content (AvgIpc) is 2.69. The molecule has 1 heterocycles. The molecule has 0 amide bonds. The van der Waals surface area contributed by atoms with Crippen molar-refractivity contribution in [2.75, 3.05) is 20.1 Å². The van der Waals surface area contributed by atoms with Crippen LogP contribution in [-0.4, -0.2) is 36.1 Å². The van der Waals surface area contributed by atoms with Gasteiger partial charge in [-0.25, -0.2) is 0 Å². The average molecular weight is 334 g/mol. The zero-order chi connectivity index (χ0) is 13.8. The van der Waals surface area contributed by atoms with Crippen molar-refractivity contribution in [1.82, 2.24) is 4.90 Å². The van der Waals surface area contributed by atoms with Gasteiger partial charge in [0.15, 0.2) is 0 Å². The van der Waals surface area contributed by atoms with E-state index >= 15 is 0 Å². The lowest BCUT2D eigenvalue weighted by Gasteiger charge is -2.23. The van der Waals surface area contributed by atoms with Crippen molar-refractivity contribution in [3.8, 4) is 0 Å². The number of nitrogens with zero attached hydrogens (tertiary/aromatic N) is 1. The van der Waals surface area contributed by atoms with Gasteiger partial charge in [-0.05, 0) is 68.3 Å². The first kappa shape index (κ1) is 15.7. The van der Waals surface area contributed by atoms with Crippen LogP contribution >= 0.6 is 27.3 Å². The molecule has 18 heavy (non-hydrogen) atoms. The zero-order valence-corrected chi connectivity index (χ0v) is 13.5. The first-order valence-corrected chi connectivity index (χ1v) is 7.58. The number of hydrogen-bond acceptors (Lipinski definition) is 3. The van der Waals surface area contributed by atoms with Crippen molar-refractivity contribution in [2.24, 2.45) is 5.41 Å². The second-order valence-electron chi connectivity index (χ2n) is 5.20. The number of thiophene rings is 1. The van der Waals surface area contributed by atoms with E-state index in [9.17, 15) is 4.79 Å². The first-order valence-electron chi connectivity index (χ1n) is 5.97. The Hall–Kier alpha value is -0.390. The van der Waals surface area contributed by atoms with Crippen LogP contribution in [0.4, 0.5) is 0 Å². The molecule has 0 spiro atoms. The number of halogens is 1. The predicted molar refractivity (Wildman–Crippen MR) is 79.3 cm³/mol. The molecular formula is C13H20BrNO2S. The lowest BCUT2D eigenvalue weighted by molar-refractivity contribution is -0.147. The minimum Gasteiger partial charge on any atom is -0.481 e. The van der Waals surface area contributed by atoms with Gasteiger partial charge < -0.3 is 10.0 Å². The Kier molecular flexibility index (Phi) is 5.82. The summed E-state index contributed by atoms with van der Waals surface area (Å²) >= 11 is 5.21. The smallest absolute Gasteiger partial charge is 0.309 e. The molecule has 3 nitrogen and oxygen atoms in total. The summed E-state index contributed by atoms with van der Waals surface area (Å²) in [4.78, 5) is 14.5. The number of rotatable bonds is 7. The fourth-order valence-electron chi connectivity index (χ4n) is 1.48. The molecular weight excluding hydrogens is 314 g/mol. The van der Waals surface area contributed by atoms with Gasteiger partial charge in [-0.3, -0.25) is 4.79 Å². The Labute approximate surface area is 121 Å². The van der Waals surface area contributed by atoms with Crippen LogP contribution in [-0.2, 0) is 11.2 Å². The summed E-state index contributed by atoms with van der Waals surface area (Å²) in [5, 5.41) is 9.04. The maximum atomic E-state index is 11.0. The molecule has 0 radical (unpaired) electrons. The van der Waals surface area contributed by atoms with Gasteiger partial charge in [-0.15, -0.1) is 11.3 Å². The second kappa shape index (κ2) is 6.68. The maximum Gasteiger partial charge on any atom is 0.309 e. The third-order valence-corrected chi connectivity index (χ3v) is 4.75. The highest BCUT2D eigenvalue weighted by atomic mass is 79.9. The molecule has 0 saturated carbocycles. The molecule has 0 atom stereocenters. The van der Waals surface area contributed by atoms with Gasteiger partial charge >= 0.3 is 5.97 Å². The van der Waals surface area contributed by atoms with E-state index in [-0.39, 0.29) is 0 Å². The van der Waals surface area contributed by atoms with Crippen LogP contribution < -0.4 is 0 Å². The largest absolute Gasteiger partial charge is 0.481 e. The first-order chi connectivity index (χ1) is 8.31. The van der Waals surface area contributed by atoms with Crippen LogP contribution in [0.15, 0.2) is 15.9 Å². The summed E-state index contributed by atoms with van der Waals surface area (Å²) < 4.78 is 1.16. The number of aliphatic carboxylic acids is 1. The summed E-state index contributed by atoms with van der Waals surface area (Å²) in [6, 6.07) is 4.19. The number of carbonyl (C=O) groups is 1. The summed E-state index contributed by atoms with van der Waals surface area (Å²) in [5.74, 6) is -0.724. The molecule has 5 heteroatoms. The molecule has 1 rings (SSSR count). The summed E-state index contributed by atoms with van der Waals surface area (Å²) in [6.07, 6.45) is 1.69. The van der Waals surface area contributed by atoms with Crippen LogP contribution in [0, 0.1) is 5.41 Å². The van der Waals surface area contributed by atoms with Crippen molar-refractivity contribution >= 4 is 33.2 Å². The molecule has 0 saturated heterocycles. The van der Waals surface area contributed by atoms with Crippen LogP contribution in [0.1, 0.15) is 25.1 Å². The van der Waals surface area contributed by atoms with Gasteiger partial charge in [0.1, 0.15) is 0 Å². The van der Waals surface area contributed by atoms with Gasteiger partial charge in [0.25, 0.3) is 0 Å². The second-order valence-corrected chi connectivity index (χ2v) is 7.75. The van der Waals surface area contributed by atoms with Gasteiger partial charge in [0.05, 0.1) is 9.20 Å². The molecule has 0 aliphatic rings. The number of carboxylic acids is 1. The Bertz CT molecular complexity index is 403. The van der Waals surface area contributed by atoms with E-state index in [1.807, 2.05) is 7.05 Å². The SMILES string of the molecule is CN(CCc1ccc(Br)s1)CCC(C)(C)C(=O)O. The highest BCUT2D eigenvalue weighted by Gasteiger charge is 2.26. The van der Waals surface area contributed by atoms with Crippen LogP contribution in [0.5, 0.6) is 0 Å². The van der Waals surface area contributed by atoms with Crippen molar-refractivity contribution in [3.63, 3.8) is 0 Å². The Morgan fingerprint density at radius 3 is 2.61 bits per heavy atom. The standard InChI is InChI=1S/C13H20BrNO2S/c1-13(2,12(16)17)7-9-15(3)8-6-10-4-5-11(14)18-10/h4-5H,6-9H2,1-3H3,(H,16,17). The molecule has 102 valence electrons. The highest BCUT2D eigenvalue weighted by molar-refractivity contribution is 9.11. The molecule has 1 aromatic heterocycles. The minimum absolute atomic E-state index is 0.639. The van der Waals surface area contributed by atoms with Gasteiger partial charge in [0, 0.05) is 11.4 Å². The van der Waals surface area contributed by atoms with E-state index in [0.29, 0.717) is 6.42 Å². The van der Waals surface area contributed by atoms with E-state index in [2.05, 4.69) is 33.0 Å². The molecule has 1 N–H and O–H groups in total. The van der Waals surface area contributed by atoms with E-state index in [1.54, 1.807) is 25.2 Å². The Morgan fingerprint density at radius 1 is 1.44 bits per heavy atom. The molecule has 0 aliphatic heterocycles. The predicted octanol–water partition coefficient (Wildman–Crippen LogP) is 3.49. The fraction of sp³-hybridized carbons (Fsp3) is 0.615. The summed E-state index contributed by atoms with van der Waals surface area (Å²) in [6.45, 7) is 5.33. The van der Waals surface area contributed by atoms with E-state index in [1.165, 1.54) is 4.88 Å². The van der Waals surface area contributed by atoms with Gasteiger partial charge in [-0.2, -0.15) is 0 Å². The Balaban J connectivity index is 2.30. The maximum absolute atomic E-state index is 11.0. The number of hydrogen-bond donors (Lipinski definition) is 1. The molecule has 0 bridgehead atoms. The topological polar surface area (TPSA) is 40.5 Å². The normalized spacial score (nSPS) is 12.1. The molecule has 1 aromatic rings. The third-order valence-electron chi connectivity index (χ3n) is 3.07. The minimum atomic E-state index is -0.724. The quantitative estimate of drug-likeness (QED) is 0.830. The van der Waals surface area contributed by atoms with Gasteiger partial charge in [-0.1, -0.05) is 0 Å². The van der Waals surface area contributed by atoms with E-state index in [4.69, 9.17) is 5.11 Å².